The number of phosphoric acid groups is 1. The SMILES string of the molecule is CC(C)O[P@@]1(=O)OC[C@H]2O[C@@H](c3cnn4c(N)ccnc34)[C@](C)(N)[C@@H]2O1. The van der Waals surface area contributed by atoms with Gasteiger partial charge in [-0.3, -0.25) is 13.6 Å². The summed E-state index contributed by atoms with van der Waals surface area (Å²) < 4.78 is 36.7. The molecule has 4 rings (SSSR count). The number of fused-ring (bicyclic) bond motifs is 2. The van der Waals surface area contributed by atoms with Crippen LogP contribution in [0.1, 0.15) is 32.4 Å². The van der Waals surface area contributed by atoms with Crippen LogP contribution in [0.25, 0.3) is 5.65 Å². The van der Waals surface area contributed by atoms with Gasteiger partial charge < -0.3 is 16.2 Å². The summed E-state index contributed by atoms with van der Waals surface area (Å²) in [7, 11) is -3.70. The summed E-state index contributed by atoms with van der Waals surface area (Å²) in [5.41, 5.74) is 12.7. The molecule has 142 valence electrons. The van der Waals surface area contributed by atoms with E-state index in [1.165, 1.54) is 4.52 Å². The molecular weight excluding hydrogens is 361 g/mol. The first-order valence-electron chi connectivity index (χ1n) is 8.35. The van der Waals surface area contributed by atoms with Crippen LogP contribution in [0, 0.1) is 0 Å². The molecule has 5 atom stereocenters. The molecule has 2 fully saturated rings. The number of ether oxygens (including phenoxy) is 1. The molecule has 0 unspecified atom stereocenters. The number of nitrogens with two attached hydrogens (primary N) is 2. The van der Waals surface area contributed by atoms with Crippen molar-refractivity contribution in [2.75, 3.05) is 12.3 Å². The average Bonchev–Trinajstić information content (AvgIpc) is 3.07. The van der Waals surface area contributed by atoms with Gasteiger partial charge in [0, 0.05) is 11.8 Å². The topological polar surface area (TPSA) is 136 Å². The zero-order valence-corrected chi connectivity index (χ0v) is 15.6. The first kappa shape index (κ1) is 17.8. The minimum atomic E-state index is -3.70. The van der Waals surface area contributed by atoms with Crippen molar-refractivity contribution >= 4 is 19.3 Å². The fourth-order valence-electron chi connectivity index (χ4n) is 3.42. The molecule has 0 aromatic carbocycles. The summed E-state index contributed by atoms with van der Waals surface area (Å²) in [5, 5.41) is 4.26. The van der Waals surface area contributed by atoms with Crippen molar-refractivity contribution in [1.29, 1.82) is 0 Å². The van der Waals surface area contributed by atoms with Crippen LogP contribution in [0.15, 0.2) is 18.5 Å². The number of hydrogen-bond acceptors (Lipinski definition) is 9. The predicted molar refractivity (Wildman–Crippen MR) is 92.3 cm³/mol. The largest absolute Gasteiger partial charge is 0.475 e. The van der Waals surface area contributed by atoms with Crippen LogP contribution >= 0.6 is 7.82 Å². The zero-order chi connectivity index (χ0) is 18.7. The lowest BCUT2D eigenvalue weighted by molar-refractivity contribution is -0.0629. The molecule has 4 N–H and O–H groups in total. The average molecular weight is 383 g/mol. The number of phosphoric ester groups is 1. The normalized spacial score (nSPS) is 37.3. The van der Waals surface area contributed by atoms with Gasteiger partial charge in [0.15, 0.2) is 5.65 Å². The van der Waals surface area contributed by atoms with Crippen molar-refractivity contribution in [2.24, 2.45) is 5.73 Å². The van der Waals surface area contributed by atoms with Crippen LogP contribution in [-0.4, -0.2) is 45.1 Å². The predicted octanol–water partition coefficient (Wildman–Crippen LogP) is 1.42. The molecule has 0 saturated carbocycles. The van der Waals surface area contributed by atoms with Crippen molar-refractivity contribution in [2.45, 2.75) is 50.7 Å². The Kier molecular flexibility index (Phi) is 4.11. The molecule has 0 spiro atoms. The van der Waals surface area contributed by atoms with Crippen molar-refractivity contribution in [1.82, 2.24) is 14.6 Å². The van der Waals surface area contributed by atoms with Crippen molar-refractivity contribution in [3.63, 3.8) is 0 Å². The summed E-state index contributed by atoms with van der Waals surface area (Å²) in [4.78, 5) is 4.33. The quantitative estimate of drug-likeness (QED) is 0.754. The van der Waals surface area contributed by atoms with Gasteiger partial charge in [-0.25, -0.2) is 9.55 Å². The molecular formula is C15H22N5O5P. The molecule has 2 aromatic rings. The van der Waals surface area contributed by atoms with E-state index in [-0.39, 0.29) is 12.7 Å². The Hall–Kier alpha value is -1.55. The Morgan fingerprint density at radius 2 is 2.27 bits per heavy atom. The van der Waals surface area contributed by atoms with Crippen LogP contribution in [0.3, 0.4) is 0 Å². The first-order chi connectivity index (χ1) is 12.2. The molecule has 4 heterocycles. The van der Waals surface area contributed by atoms with Crippen molar-refractivity contribution < 1.29 is 22.9 Å². The smallest absolute Gasteiger partial charge is 0.384 e. The molecule has 0 aliphatic carbocycles. The zero-order valence-electron chi connectivity index (χ0n) is 14.7. The van der Waals surface area contributed by atoms with E-state index in [0.717, 1.165) is 0 Å². The van der Waals surface area contributed by atoms with E-state index in [1.807, 2.05) is 0 Å². The maximum Gasteiger partial charge on any atom is 0.475 e. The minimum Gasteiger partial charge on any atom is -0.384 e. The van der Waals surface area contributed by atoms with Crippen molar-refractivity contribution in [3.8, 4) is 0 Å². The van der Waals surface area contributed by atoms with Crippen LogP contribution < -0.4 is 11.5 Å². The van der Waals surface area contributed by atoms with Gasteiger partial charge in [-0.15, -0.1) is 0 Å². The van der Waals surface area contributed by atoms with E-state index in [2.05, 4.69) is 10.1 Å². The summed E-state index contributed by atoms with van der Waals surface area (Å²) in [6.07, 6.45) is 1.17. The summed E-state index contributed by atoms with van der Waals surface area (Å²) in [6, 6.07) is 1.65. The lowest BCUT2D eigenvalue weighted by Crippen LogP contribution is -2.53. The van der Waals surface area contributed by atoms with Gasteiger partial charge in [0.1, 0.15) is 24.1 Å². The highest BCUT2D eigenvalue weighted by atomic mass is 31.2. The highest BCUT2D eigenvalue weighted by Gasteiger charge is 2.59. The lowest BCUT2D eigenvalue weighted by atomic mass is 9.87. The summed E-state index contributed by atoms with van der Waals surface area (Å²) in [5.74, 6) is 0.449. The van der Waals surface area contributed by atoms with E-state index >= 15 is 0 Å². The van der Waals surface area contributed by atoms with Crippen LogP contribution in [-0.2, 0) is 22.9 Å². The third-order valence-corrected chi connectivity index (χ3v) is 6.18. The van der Waals surface area contributed by atoms with E-state index in [0.29, 0.717) is 17.0 Å². The number of rotatable bonds is 3. The number of aromatic nitrogens is 3. The standard InChI is InChI=1S/C15H22N5O5P/c1-8(2)24-26(21)22-7-10-13(25-26)15(3,17)12(23-10)9-6-19-20-11(16)4-5-18-14(9)20/h4-6,8,10,12-13H,7,16-17H2,1-3H3/t10-,12+,13-,15+,26-/m1/s1. The fourth-order valence-corrected chi connectivity index (χ4v) is 5.08. The maximum absolute atomic E-state index is 12.7. The van der Waals surface area contributed by atoms with Gasteiger partial charge in [-0.05, 0) is 26.8 Å². The Morgan fingerprint density at radius 3 is 3.00 bits per heavy atom. The Labute approximate surface area is 150 Å². The fraction of sp³-hybridized carbons (Fsp3) is 0.600. The summed E-state index contributed by atoms with van der Waals surface area (Å²) in [6.45, 7) is 5.35. The van der Waals surface area contributed by atoms with E-state index < -0.39 is 31.7 Å². The highest BCUT2D eigenvalue weighted by molar-refractivity contribution is 7.48. The van der Waals surface area contributed by atoms with E-state index in [1.54, 1.807) is 39.2 Å². The molecule has 2 aromatic heterocycles. The molecule has 2 saturated heterocycles. The minimum absolute atomic E-state index is 0.0622. The van der Waals surface area contributed by atoms with E-state index in [4.69, 9.17) is 29.8 Å². The van der Waals surface area contributed by atoms with Crippen LogP contribution in [0.5, 0.6) is 0 Å². The molecule has 26 heavy (non-hydrogen) atoms. The van der Waals surface area contributed by atoms with Gasteiger partial charge in [-0.2, -0.15) is 9.61 Å². The van der Waals surface area contributed by atoms with Crippen LogP contribution in [0.4, 0.5) is 5.82 Å². The molecule has 10 nitrogen and oxygen atoms in total. The molecule has 11 heteroatoms. The Morgan fingerprint density at radius 1 is 1.50 bits per heavy atom. The molecule has 0 amide bonds. The second-order valence-corrected chi connectivity index (χ2v) is 8.62. The highest BCUT2D eigenvalue weighted by Crippen LogP contribution is 2.59. The van der Waals surface area contributed by atoms with E-state index in [9.17, 15) is 4.57 Å². The van der Waals surface area contributed by atoms with Crippen molar-refractivity contribution in [3.05, 3.63) is 24.0 Å². The van der Waals surface area contributed by atoms with Gasteiger partial charge in [0.25, 0.3) is 0 Å². The number of hydrogen-bond donors (Lipinski definition) is 2. The van der Waals surface area contributed by atoms with Gasteiger partial charge in [-0.1, -0.05) is 0 Å². The molecule has 0 bridgehead atoms. The van der Waals surface area contributed by atoms with Gasteiger partial charge in [0.05, 0.1) is 24.4 Å². The third kappa shape index (κ3) is 2.74. The van der Waals surface area contributed by atoms with Crippen LogP contribution in [0.2, 0.25) is 0 Å². The lowest BCUT2D eigenvalue weighted by Gasteiger charge is -2.36. The summed E-state index contributed by atoms with van der Waals surface area (Å²) >= 11 is 0. The molecule has 2 aliphatic rings. The molecule has 2 aliphatic heterocycles. The second kappa shape index (κ2) is 5.98. The monoisotopic (exact) mass is 383 g/mol. The molecule has 0 radical (unpaired) electrons. The third-order valence-electron chi connectivity index (χ3n) is 4.55. The Balaban J connectivity index is 1.68. The number of nitrogens with zero attached hydrogens (tertiary/aromatic N) is 3. The van der Waals surface area contributed by atoms with Gasteiger partial charge >= 0.3 is 7.82 Å². The Bertz CT molecular complexity index is 884. The number of anilines is 1. The maximum atomic E-state index is 12.7. The number of nitrogen functional groups attached to an aromatic ring is 1. The second-order valence-electron chi connectivity index (χ2n) is 7.05. The van der Waals surface area contributed by atoms with Gasteiger partial charge in [0.2, 0.25) is 0 Å². The first-order valence-corrected chi connectivity index (χ1v) is 9.81.